The molecule has 0 aliphatic carbocycles. The minimum Gasteiger partial charge on any atom is -0.352 e. The molecular weight excluding hydrogens is 288 g/mol. The molecule has 1 heterocycles. The van der Waals surface area contributed by atoms with Crippen LogP contribution in [-0.4, -0.2) is 33.2 Å². The van der Waals surface area contributed by atoms with Crippen molar-refractivity contribution in [3.05, 3.63) is 29.8 Å². The highest BCUT2D eigenvalue weighted by Gasteiger charge is 2.15. The number of sulfone groups is 1. The summed E-state index contributed by atoms with van der Waals surface area (Å²) in [5, 5.41) is 6.23. The third kappa shape index (κ3) is 5.13. The second kappa shape index (κ2) is 7.04. The van der Waals surface area contributed by atoms with E-state index in [0.29, 0.717) is 23.9 Å². The minimum absolute atomic E-state index is 0.0379. The summed E-state index contributed by atoms with van der Waals surface area (Å²) in [6.45, 7) is 1.49. The fourth-order valence-corrected chi connectivity index (χ4v) is 3.08. The third-order valence-corrected chi connectivity index (χ3v) is 4.85. The number of hydrogen-bond donors (Lipinski definition) is 2. The number of benzene rings is 1. The molecule has 0 radical (unpaired) electrons. The normalized spacial score (nSPS) is 18.6. The fourth-order valence-electron chi connectivity index (χ4n) is 2.45. The lowest BCUT2D eigenvalue weighted by Gasteiger charge is -2.10. The lowest BCUT2D eigenvalue weighted by molar-refractivity contribution is -0.121. The maximum absolute atomic E-state index is 11.8. The zero-order chi connectivity index (χ0) is 15.3. The summed E-state index contributed by atoms with van der Waals surface area (Å²) < 4.78 is 22.7. The first-order chi connectivity index (χ1) is 9.95. The van der Waals surface area contributed by atoms with Crippen LogP contribution in [0.4, 0.5) is 0 Å². The Labute approximate surface area is 126 Å². The Bertz CT molecular complexity index is 575. The monoisotopic (exact) mass is 310 g/mol. The van der Waals surface area contributed by atoms with Gasteiger partial charge < -0.3 is 10.6 Å². The molecule has 1 saturated heterocycles. The summed E-state index contributed by atoms with van der Waals surface area (Å²) in [5.74, 6) is 0.0379. The Kier molecular flexibility index (Phi) is 5.36. The average molecular weight is 310 g/mol. The van der Waals surface area contributed by atoms with E-state index in [-0.39, 0.29) is 5.91 Å². The lowest BCUT2D eigenvalue weighted by atomic mass is 10.1. The maximum Gasteiger partial charge on any atom is 0.220 e. The van der Waals surface area contributed by atoms with E-state index in [1.54, 1.807) is 24.3 Å². The van der Waals surface area contributed by atoms with Crippen molar-refractivity contribution >= 4 is 15.7 Å². The molecule has 1 aliphatic rings. The predicted octanol–water partition coefficient (Wildman–Crippen LogP) is 1.24. The molecule has 1 aliphatic heterocycles. The number of nitrogens with one attached hydrogen (secondary N) is 2. The first-order valence-electron chi connectivity index (χ1n) is 7.24. The number of carbonyl (C=O) groups is 1. The Morgan fingerprint density at radius 3 is 2.62 bits per heavy atom. The van der Waals surface area contributed by atoms with Gasteiger partial charge in [0.1, 0.15) is 0 Å². The molecule has 1 amide bonds. The van der Waals surface area contributed by atoms with Crippen LogP contribution in [0.5, 0.6) is 0 Å². The zero-order valence-electron chi connectivity index (χ0n) is 12.3. The largest absolute Gasteiger partial charge is 0.352 e. The second-order valence-electron chi connectivity index (χ2n) is 5.52. The van der Waals surface area contributed by atoms with E-state index in [1.165, 1.54) is 12.7 Å². The Morgan fingerprint density at radius 1 is 1.33 bits per heavy atom. The van der Waals surface area contributed by atoms with E-state index < -0.39 is 9.84 Å². The highest BCUT2D eigenvalue weighted by atomic mass is 32.2. The molecule has 1 aromatic carbocycles. The van der Waals surface area contributed by atoms with Crippen LogP contribution in [0.15, 0.2) is 29.2 Å². The number of carbonyl (C=O) groups excluding carboxylic acids is 1. The van der Waals surface area contributed by atoms with Gasteiger partial charge in [-0.05, 0) is 43.5 Å². The van der Waals surface area contributed by atoms with Crippen LogP contribution in [0.1, 0.15) is 31.2 Å². The highest BCUT2D eigenvalue weighted by Crippen LogP contribution is 2.12. The summed E-state index contributed by atoms with van der Waals surface area (Å²) in [4.78, 5) is 12.1. The summed E-state index contributed by atoms with van der Waals surface area (Å²) in [6.07, 6.45) is 4.93. The molecule has 0 saturated carbocycles. The van der Waals surface area contributed by atoms with Crippen molar-refractivity contribution in [1.82, 2.24) is 10.6 Å². The molecule has 1 aromatic rings. The summed E-state index contributed by atoms with van der Waals surface area (Å²) in [5.41, 5.74) is 0.898. The van der Waals surface area contributed by atoms with Crippen LogP contribution < -0.4 is 10.6 Å². The molecule has 21 heavy (non-hydrogen) atoms. The lowest BCUT2D eigenvalue weighted by Crippen LogP contribution is -2.27. The average Bonchev–Trinajstić information content (AvgIpc) is 2.95. The van der Waals surface area contributed by atoms with E-state index in [0.717, 1.165) is 24.9 Å². The Morgan fingerprint density at radius 2 is 2.05 bits per heavy atom. The Hall–Kier alpha value is -1.40. The van der Waals surface area contributed by atoms with Gasteiger partial charge in [0.25, 0.3) is 0 Å². The van der Waals surface area contributed by atoms with Gasteiger partial charge in [-0.25, -0.2) is 8.42 Å². The van der Waals surface area contributed by atoms with Crippen molar-refractivity contribution in [1.29, 1.82) is 0 Å². The molecule has 1 atom stereocenters. The quantitative estimate of drug-likeness (QED) is 0.829. The molecule has 2 N–H and O–H groups in total. The number of amides is 1. The molecule has 0 spiro atoms. The molecule has 1 unspecified atom stereocenters. The van der Waals surface area contributed by atoms with Crippen LogP contribution in [0.25, 0.3) is 0 Å². The SMILES string of the molecule is CS(=O)(=O)c1ccc(CNC(=O)CCC2CCCN2)cc1. The van der Waals surface area contributed by atoms with E-state index in [2.05, 4.69) is 10.6 Å². The van der Waals surface area contributed by atoms with E-state index in [9.17, 15) is 13.2 Å². The molecule has 5 nitrogen and oxygen atoms in total. The van der Waals surface area contributed by atoms with E-state index in [4.69, 9.17) is 0 Å². The molecule has 6 heteroatoms. The third-order valence-electron chi connectivity index (χ3n) is 3.72. The second-order valence-corrected chi connectivity index (χ2v) is 7.54. The first-order valence-corrected chi connectivity index (χ1v) is 9.13. The van der Waals surface area contributed by atoms with Crippen molar-refractivity contribution in [3.63, 3.8) is 0 Å². The van der Waals surface area contributed by atoms with Crippen molar-refractivity contribution < 1.29 is 13.2 Å². The van der Waals surface area contributed by atoms with Gasteiger partial charge in [0.2, 0.25) is 5.91 Å². The van der Waals surface area contributed by atoms with Crippen molar-refractivity contribution in [2.24, 2.45) is 0 Å². The van der Waals surface area contributed by atoms with Crippen LogP contribution in [-0.2, 0) is 21.2 Å². The van der Waals surface area contributed by atoms with Crippen LogP contribution in [0, 0.1) is 0 Å². The number of rotatable bonds is 6. The van der Waals surface area contributed by atoms with Gasteiger partial charge in [-0.1, -0.05) is 12.1 Å². The van der Waals surface area contributed by atoms with Crippen molar-refractivity contribution in [3.8, 4) is 0 Å². The molecule has 0 aromatic heterocycles. The Balaban J connectivity index is 1.75. The zero-order valence-corrected chi connectivity index (χ0v) is 13.1. The summed E-state index contributed by atoms with van der Waals surface area (Å²) in [6, 6.07) is 7.08. The number of hydrogen-bond acceptors (Lipinski definition) is 4. The van der Waals surface area contributed by atoms with Crippen molar-refractivity contribution in [2.45, 2.75) is 43.2 Å². The van der Waals surface area contributed by atoms with Gasteiger partial charge >= 0.3 is 0 Å². The maximum atomic E-state index is 11.8. The van der Waals surface area contributed by atoms with Gasteiger partial charge in [0.05, 0.1) is 4.90 Å². The van der Waals surface area contributed by atoms with Crippen LogP contribution in [0.3, 0.4) is 0 Å². The smallest absolute Gasteiger partial charge is 0.220 e. The van der Waals surface area contributed by atoms with Gasteiger partial charge in [-0.3, -0.25) is 4.79 Å². The van der Waals surface area contributed by atoms with Gasteiger partial charge in [0.15, 0.2) is 9.84 Å². The molecule has 116 valence electrons. The van der Waals surface area contributed by atoms with Gasteiger partial charge in [-0.2, -0.15) is 0 Å². The predicted molar refractivity (Wildman–Crippen MR) is 81.7 cm³/mol. The summed E-state index contributed by atoms with van der Waals surface area (Å²) >= 11 is 0. The molecule has 1 fully saturated rings. The van der Waals surface area contributed by atoms with Gasteiger partial charge in [-0.15, -0.1) is 0 Å². The standard InChI is InChI=1S/C15H22N2O3S/c1-21(19,20)14-7-4-12(5-8-14)11-17-15(18)9-6-13-3-2-10-16-13/h4-5,7-8,13,16H,2-3,6,9-11H2,1H3,(H,17,18). The topological polar surface area (TPSA) is 75.3 Å². The van der Waals surface area contributed by atoms with Crippen molar-refractivity contribution in [2.75, 3.05) is 12.8 Å². The minimum atomic E-state index is -3.16. The van der Waals surface area contributed by atoms with Gasteiger partial charge in [0, 0.05) is 25.3 Å². The van der Waals surface area contributed by atoms with Crippen LogP contribution in [0.2, 0.25) is 0 Å². The summed E-state index contributed by atoms with van der Waals surface area (Å²) in [7, 11) is -3.16. The fraction of sp³-hybridized carbons (Fsp3) is 0.533. The van der Waals surface area contributed by atoms with Crippen LogP contribution >= 0.6 is 0 Å². The van der Waals surface area contributed by atoms with E-state index in [1.807, 2.05) is 0 Å². The van der Waals surface area contributed by atoms with E-state index >= 15 is 0 Å². The first kappa shape index (κ1) is 16.0. The molecule has 0 bridgehead atoms. The highest BCUT2D eigenvalue weighted by molar-refractivity contribution is 7.90. The molecular formula is C15H22N2O3S. The molecule has 2 rings (SSSR count).